The van der Waals surface area contributed by atoms with Crippen molar-refractivity contribution in [3.8, 4) is 0 Å². The van der Waals surface area contributed by atoms with Crippen LogP contribution >= 0.6 is 0 Å². The van der Waals surface area contributed by atoms with Crippen molar-refractivity contribution >= 4 is 0 Å². The summed E-state index contributed by atoms with van der Waals surface area (Å²) in [4.78, 5) is 0. The fourth-order valence-corrected chi connectivity index (χ4v) is 1.86. The highest BCUT2D eigenvalue weighted by Crippen LogP contribution is 2.23. The summed E-state index contributed by atoms with van der Waals surface area (Å²) in [7, 11) is 0. The van der Waals surface area contributed by atoms with E-state index in [4.69, 9.17) is 0 Å². The SMILES string of the molecule is CC1CCCCC1NCCF. The third-order valence-corrected chi connectivity index (χ3v) is 2.61. The van der Waals surface area contributed by atoms with Crippen LogP contribution < -0.4 is 5.32 Å². The molecule has 0 bridgehead atoms. The Labute approximate surface area is 68.4 Å². The molecule has 66 valence electrons. The van der Waals surface area contributed by atoms with Gasteiger partial charge in [0.05, 0.1) is 0 Å². The van der Waals surface area contributed by atoms with Gasteiger partial charge in [-0.3, -0.25) is 0 Å². The first-order chi connectivity index (χ1) is 5.34. The van der Waals surface area contributed by atoms with Crippen LogP contribution in [0.5, 0.6) is 0 Å². The fraction of sp³-hybridized carbons (Fsp3) is 1.00. The number of hydrogen-bond acceptors (Lipinski definition) is 1. The third kappa shape index (κ3) is 2.78. The summed E-state index contributed by atoms with van der Waals surface area (Å²) in [6.07, 6.45) is 5.22. The van der Waals surface area contributed by atoms with Crippen molar-refractivity contribution in [1.29, 1.82) is 0 Å². The van der Waals surface area contributed by atoms with Crippen LogP contribution in [0.25, 0.3) is 0 Å². The Morgan fingerprint density at radius 2 is 2.09 bits per heavy atom. The van der Waals surface area contributed by atoms with Crippen molar-refractivity contribution in [3.63, 3.8) is 0 Å². The Morgan fingerprint density at radius 1 is 1.36 bits per heavy atom. The predicted molar refractivity (Wildman–Crippen MR) is 45.4 cm³/mol. The quantitative estimate of drug-likeness (QED) is 0.665. The fourth-order valence-electron chi connectivity index (χ4n) is 1.86. The van der Waals surface area contributed by atoms with Gasteiger partial charge < -0.3 is 5.32 Å². The lowest BCUT2D eigenvalue weighted by atomic mass is 9.86. The first-order valence-electron chi connectivity index (χ1n) is 4.64. The van der Waals surface area contributed by atoms with E-state index in [2.05, 4.69) is 12.2 Å². The molecule has 1 fully saturated rings. The van der Waals surface area contributed by atoms with Crippen LogP contribution in [-0.2, 0) is 0 Å². The van der Waals surface area contributed by atoms with E-state index in [9.17, 15) is 4.39 Å². The first kappa shape index (κ1) is 8.98. The summed E-state index contributed by atoms with van der Waals surface area (Å²) in [5.74, 6) is 0.746. The Morgan fingerprint density at radius 3 is 2.73 bits per heavy atom. The molecule has 1 nitrogen and oxygen atoms in total. The second-order valence-corrected chi connectivity index (χ2v) is 3.51. The molecule has 0 radical (unpaired) electrons. The molecule has 2 unspecified atom stereocenters. The van der Waals surface area contributed by atoms with Gasteiger partial charge in [-0.1, -0.05) is 19.8 Å². The Balaban J connectivity index is 2.18. The zero-order valence-corrected chi connectivity index (χ0v) is 7.28. The highest BCUT2D eigenvalue weighted by atomic mass is 19.1. The summed E-state index contributed by atoms with van der Waals surface area (Å²) in [6, 6.07) is 0.583. The Hall–Kier alpha value is -0.110. The number of alkyl halides is 1. The molecule has 1 N–H and O–H groups in total. The van der Waals surface area contributed by atoms with Gasteiger partial charge in [-0.15, -0.1) is 0 Å². The highest BCUT2D eigenvalue weighted by molar-refractivity contribution is 4.77. The lowest BCUT2D eigenvalue weighted by molar-refractivity contribution is 0.273. The van der Waals surface area contributed by atoms with Gasteiger partial charge in [-0.2, -0.15) is 0 Å². The molecule has 0 spiro atoms. The van der Waals surface area contributed by atoms with Gasteiger partial charge >= 0.3 is 0 Å². The zero-order valence-electron chi connectivity index (χ0n) is 7.28. The van der Waals surface area contributed by atoms with E-state index in [-0.39, 0.29) is 6.67 Å². The summed E-state index contributed by atoms with van der Waals surface area (Å²) in [6.45, 7) is 2.56. The molecule has 1 saturated carbocycles. The van der Waals surface area contributed by atoms with Crippen molar-refractivity contribution in [3.05, 3.63) is 0 Å². The molecule has 0 aromatic heterocycles. The molecule has 0 aromatic rings. The van der Waals surface area contributed by atoms with E-state index in [0.717, 1.165) is 5.92 Å². The summed E-state index contributed by atoms with van der Waals surface area (Å²) >= 11 is 0. The van der Waals surface area contributed by atoms with Gasteiger partial charge in [0.15, 0.2) is 0 Å². The summed E-state index contributed by atoms with van der Waals surface area (Å²) in [5.41, 5.74) is 0. The summed E-state index contributed by atoms with van der Waals surface area (Å²) < 4.78 is 11.8. The topological polar surface area (TPSA) is 12.0 Å². The van der Waals surface area contributed by atoms with Crippen molar-refractivity contribution in [2.24, 2.45) is 5.92 Å². The van der Waals surface area contributed by atoms with Crippen molar-refractivity contribution in [1.82, 2.24) is 5.32 Å². The minimum absolute atomic E-state index is 0.233. The largest absolute Gasteiger partial charge is 0.311 e. The molecule has 2 atom stereocenters. The standard InChI is InChI=1S/C9H18FN/c1-8-4-2-3-5-9(8)11-7-6-10/h8-9,11H,2-7H2,1H3. The highest BCUT2D eigenvalue weighted by Gasteiger charge is 2.19. The maximum atomic E-state index is 11.8. The zero-order chi connectivity index (χ0) is 8.10. The Bertz CT molecular complexity index is 106. The smallest absolute Gasteiger partial charge is 0.102 e. The minimum Gasteiger partial charge on any atom is -0.311 e. The van der Waals surface area contributed by atoms with E-state index in [0.29, 0.717) is 12.6 Å². The van der Waals surface area contributed by atoms with Gasteiger partial charge in [0.1, 0.15) is 6.67 Å². The van der Waals surface area contributed by atoms with Crippen LogP contribution in [0.1, 0.15) is 32.6 Å². The molecule has 1 aliphatic carbocycles. The molecule has 0 amide bonds. The number of halogens is 1. The second kappa shape index (κ2) is 4.70. The molecular formula is C9H18FN. The molecule has 0 aromatic carbocycles. The van der Waals surface area contributed by atoms with Gasteiger partial charge in [0.2, 0.25) is 0 Å². The summed E-state index contributed by atoms with van der Waals surface area (Å²) in [5, 5.41) is 3.25. The average Bonchev–Trinajstić information content (AvgIpc) is 2.03. The first-order valence-corrected chi connectivity index (χ1v) is 4.64. The molecule has 0 aliphatic heterocycles. The maximum Gasteiger partial charge on any atom is 0.102 e. The minimum atomic E-state index is -0.233. The molecule has 0 heterocycles. The van der Waals surface area contributed by atoms with Gasteiger partial charge in [0.25, 0.3) is 0 Å². The third-order valence-electron chi connectivity index (χ3n) is 2.61. The molecular weight excluding hydrogens is 141 g/mol. The van der Waals surface area contributed by atoms with Crippen LogP contribution in [0.15, 0.2) is 0 Å². The maximum absolute atomic E-state index is 11.8. The number of rotatable bonds is 3. The van der Waals surface area contributed by atoms with E-state index < -0.39 is 0 Å². The van der Waals surface area contributed by atoms with Crippen molar-refractivity contribution in [2.75, 3.05) is 13.2 Å². The van der Waals surface area contributed by atoms with E-state index in [1.165, 1.54) is 25.7 Å². The molecule has 1 rings (SSSR count). The molecule has 1 aliphatic rings. The van der Waals surface area contributed by atoms with Crippen LogP contribution in [0, 0.1) is 5.92 Å². The predicted octanol–water partition coefficient (Wildman–Crippen LogP) is 2.12. The molecule has 0 saturated heterocycles. The average molecular weight is 159 g/mol. The molecule has 11 heavy (non-hydrogen) atoms. The number of nitrogens with one attached hydrogen (secondary N) is 1. The lowest BCUT2D eigenvalue weighted by Crippen LogP contribution is -2.38. The van der Waals surface area contributed by atoms with E-state index in [1.807, 2.05) is 0 Å². The van der Waals surface area contributed by atoms with Gasteiger partial charge in [-0.25, -0.2) is 4.39 Å². The lowest BCUT2D eigenvalue weighted by Gasteiger charge is -2.29. The van der Waals surface area contributed by atoms with Crippen LogP contribution in [-0.4, -0.2) is 19.3 Å². The van der Waals surface area contributed by atoms with E-state index in [1.54, 1.807) is 0 Å². The van der Waals surface area contributed by atoms with Crippen LogP contribution in [0.3, 0.4) is 0 Å². The monoisotopic (exact) mass is 159 g/mol. The normalized spacial score (nSPS) is 32.2. The van der Waals surface area contributed by atoms with Crippen molar-refractivity contribution in [2.45, 2.75) is 38.6 Å². The number of hydrogen-bond donors (Lipinski definition) is 1. The second-order valence-electron chi connectivity index (χ2n) is 3.51. The van der Waals surface area contributed by atoms with Crippen LogP contribution in [0.4, 0.5) is 4.39 Å². The van der Waals surface area contributed by atoms with E-state index >= 15 is 0 Å². The van der Waals surface area contributed by atoms with Crippen molar-refractivity contribution < 1.29 is 4.39 Å². The molecule has 2 heteroatoms. The van der Waals surface area contributed by atoms with Gasteiger partial charge in [-0.05, 0) is 18.8 Å². The van der Waals surface area contributed by atoms with Gasteiger partial charge in [0, 0.05) is 12.6 Å². The van der Waals surface area contributed by atoms with Crippen LogP contribution in [0.2, 0.25) is 0 Å². The Kier molecular flexibility index (Phi) is 3.84.